The third-order valence-corrected chi connectivity index (χ3v) is 4.74. The average Bonchev–Trinajstić information content (AvgIpc) is 2.78. The maximum Gasteiger partial charge on any atom is 0.217 e. The molecule has 1 aliphatic rings. The summed E-state index contributed by atoms with van der Waals surface area (Å²) >= 11 is 0. The Morgan fingerprint density at radius 3 is 2.67 bits per heavy atom. The molecule has 18 heavy (non-hydrogen) atoms. The molecule has 1 saturated heterocycles. The van der Waals surface area contributed by atoms with Crippen LogP contribution in [0, 0.1) is 0 Å². The van der Waals surface area contributed by atoms with Crippen LogP contribution in [-0.2, 0) is 10.0 Å². The number of nitrogens with zero attached hydrogens (tertiary/aromatic N) is 1. The van der Waals surface area contributed by atoms with E-state index in [-0.39, 0.29) is 18.4 Å². The van der Waals surface area contributed by atoms with Gasteiger partial charge in [-0.2, -0.15) is 0 Å². The maximum absolute atomic E-state index is 12.0. The van der Waals surface area contributed by atoms with E-state index in [1.165, 1.54) is 4.31 Å². The summed E-state index contributed by atoms with van der Waals surface area (Å²) in [4.78, 5) is 0. The molecule has 0 spiro atoms. The summed E-state index contributed by atoms with van der Waals surface area (Å²) in [6, 6.07) is 9.16. The number of nitrogens with two attached hydrogens (primary N) is 1. The predicted molar refractivity (Wildman–Crippen MR) is 69.9 cm³/mol. The van der Waals surface area contributed by atoms with Gasteiger partial charge >= 0.3 is 0 Å². The van der Waals surface area contributed by atoms with Crippen LogP contribution in [0.4, 0.5) is 0 Å². The van der Waals surface area contributed by atoms with Crippen molar-refractivity contribution in [1.29, 1.82) is 0 Å². The maximum atomic E-state index is 12.0. The first-order chi connectivity index (χ1) is 8.58. The highest BCUT2D eigenvalue weighted by atomic mass is 32.2. The highest BCUT2D eigenvalue weighted by Crippen LogP contribution is 2.13. The first-order valence-corrected chi connectivity index (χ1v) is 7.60. The van der Waals surface area contributed by atoms with E-state index in [0.29, 0.717) is 18.8 Å². The number of hydrogen-bond donors (Lipinski definition) is 1. The molecule has 0 aromatic heterocycles. The van der Waals surface area contributed by atoms with Gasteiger partial charge in [-0.25, -0.2) is 12.7 Å². The average molecular weight is 270 g/mol. The molecule has 0 bridgehead atoms. The van der Waals surface area contributed by atoms with E-state index in [9.17, 15) is 8.42 Å². The molecule has 1 unspecified atom stereocenters. The molecule has 1 heterocycles. The minimum absolute atomic E-state index is 0.00534. The van der Waals surface area contributed by atoms with Gasteiger partial charge in [-0.3, -0.25) is 0 Å². The largest absolute Gasteiger partial charge is 0.492 e. The Morgan fingerprint density at radius 1 is 1.33 bits per heavy atom. The zero-order valence-corrected chi connectivity index (χ0v) is 11.0. The Hall–Kier alpha value is -1.11. The van der Waals surface area contributed by atoms with Crippen LogP contribution < -0.4 is 10.5 Å². The molecule has 1 atom stereocenters. The van der Waals surface area contributed by atoms with Gasteiger partial charge in [0, 0.05) is 19.1 Å². The van der Waals surface area contributed by atoms with Crippen LogP contribution in [0.1, 0.15) is 6.42 Å². The van der Waals surface area contributed by atoms with Crippen LogP contribution in [0.3, 0.4) is 0 Å². The Balaban J connectivity index is 1.82. The predicted octanol–water partition coefficient (Wildman–Crippen LogP) is 0.428. The van der Waals surface area contributed by atoms with E-state index in [1.807, 2.05) is 18.2 Å². The number of benzene rings is 1. The molecule has 0 radical (unpaired) electrons. The van der Waals surface area contributed by atoms with Gasteiger partial charge < -0.3 is 10.5 Å². The summed E-state index contributed by atoms with van der Waals surface area (Å²) in [7, 11) is -3.23. The van der Waals surface area contributed by atoms with E-state index in [2.05, 4.69) is 0 Å². The third-order valence-electron chi connectivity index (χ3n) is 2.93. The lowest BCUT2D eigenvalue weighted by atomic mass is 10.3. The summed E-state index contributed by atoms with van der Waals surface area (Å²) in [5.41, 5.74) is 5.70. The molecule has 1 aromatic rings. The van der Waals surface area contributed by atoms with Crippen molar-refractivity contribution in [1.82, 2.24) is 4.31 Å². The van der Waals surface area contributed by atoms with E-state index in [4.69, 9.17) is 10.5 Å². The lowest BCUT2D eigenvalue weighted by Crippen LogP contribution is -2.35. The standard InChI is InChI=1S/C12H18N2O3S/c13-11-6-7-14(10-11)18(15,16)9-8-17-12-4-2-1-3-5-12/h1-5,11H,6-10,13H2. The lowest BCUT2D eigenvalue weighted by Gasteiger charge is -2.16. The number of rotatable bonds is 5. The molecule has 5 nitrogen and oxygen atoms in total. The van der Waals surface area contributed by atoms with Gasteiger partial charge in [0.2, 0.25) is 10.0 Å². The van der Waals surface area contributed by atoms with Gasteiger partial charge in [0.15, 0.2) is 0 Å². The second-order valence-electron chi connectivity index (χ2n) is 4.38. The van der Waals surface area contributed by atoms with Gasteiger partial charge in [0.25, 0.3) is 0 Å². The molecule has 2 N–H and O–H groups in total. The van der Waals surface area contributed by atoms with Gasteiger partial charge in [0.05, 0.1) is 5.75 Å². The Labute approximate surface area is 108 Å². The zero-order valence-electron chi connectivity index (χ0n) is 10.2. The van der Waals surface area contributed by atoms with E-state index >= 15 is 0 Å². The van der Waals surface area contributed by atoms with Crippen molar-refractivity contribution in [3.8, 4) is 5.75 Å². The van der Waals surface area contributed by atoms with Crippen LogP contribution in [0.25, 0.3) is 0 Å². The number of ether oxygens (including phenoxy) is 1. The van der Waals surface area contributed by atoms with E-state index in [1.54, 1.807) is 12.1 Å². The summed E-state index contributed by atoms with van der Waals surface area (Å²) < 4.78 is 30.8. The smallest absolute Gasteiger partial charge is 0.217 e. The van der Waals surface area contributed by atoms with Crippen molar-refractivity contribution in [3.63, 3.8) is 0 Å². The Kier molecular flexibility index (Phi) is 4.21. The minimum atomic E-state index is -3.23. The van der Waals surface area contributed by atoms with Crippen molar-refractivity contribution >= 4 is 10.0 Å². The Bertz CT molecular complexity index is 475. The summed E-state index contributed by atoms with van der Waals surface area (Å²) in [5.74, 6) is 0.681. The summed E-state index contributed by atoms with van der Waals surface area (Å²) in [6.45, 7) is 1.11. The van der Waals surface area contributed by atoms with Crippen molar-refractivity contribution < 1.29 is 13.2 Å². The van der Waals surface area contributed by atoms with Crippen molar-refractivity contribution in [2.24, 2.45) is 5.73 Å². The quantitative estimate of drug-likeness (QED) is 0.842. The third kappa shape index (κ3) is 3.44. The molecule has 6 heteroatoms. The fourth-order valence-electron chi connectivity index (χ4n) is 1.92. The molecule has 1 fully saturated rings. The van der Waals surface area contributed by atoms with Gasteiger partial charge in [-0.15, -0.1) is 0 Å². The topological polar surface area (TPSA) is 72.6 Å². The lowest BCUT2D eigenvalue weighted by molar-refractivity contribution is 0.337. The molecule has 1 aliphatic heterocycles. The highest BCUT2D eigenvalue weighted by molar-refractivity contribution is 7.89. The minimum Gasteiger partial charge on any atom is -0.492 e. The fraction of sp³-hybridized carbons (Fsp3) is 0.500. The summed E-state index contributed by atoms with van der Waals surface area (Å²) in [6.07, 6.45) is 0.735. The number of sulfonamides is 1. The molecule has 2 rings (SSSR count). The highest BCUT2D eigenvalue weighted by Gasteiger charge is 2.29. The SMILES string of the molecule is NC1CCN(S(=O)(=O)CCOc2ccccc2)C1. The molecule has 0 saturated carbocycles. The van der Waals surface area contributed by atoms with E-state index < -0.39 is 10.0 Å². The molecule has 0 aliphatic carbocycles. The van der Waals surface area contributed by atoms with Crippen molar-refractivity contribution in [3.05, 3.63) is 30.3 Å². The van der Waals surface area contributed by atoms with Crippen LogP contribution >= 0.6 is 0 Å². The number of para-hydroxylation sites is 1. The molecular weight excluding hydrogens is 252 g/mol. The van der Waals surface area contributed by atoms with Crippen LogP contribution in [0.5, 0.6) is 5.75 Å². The van der Waals surface area contributed by atoms with Crippen molar-refractivity contribution in [2.75, 3.05) is 25.4 Å². The van der Waals surface area contributed by atoms with Crippen LogP contribution in [0.2, 0.25) is 0 Å². The van der Waals surface area contributed by atoms with E-state index in [0.717, 1.165) is 6.42 Å². The first-order valence-electron chi connectivity index (χ1n) is 5.99. The second-order valence-corrected chi connectivity index (χ2v) is 6.47. The summed E-state index contributed by atoms with van der Waals surface area (Å²) in [5, 5.41) is 0. The first kappa shape index (κ1) is 13.3. The normalized spacial score (nSPS) is 21.1. The van der Waals surface area contributed by atoms with Crippen LogP contribution in [-0.4, -0.2) is 44.2 Å². The van der Waals surface area contributed by atoms with Crippen LogP contribution in [0.15, 0.2) is 30.3 Å². The van der Waals surface area contributed by atoms with Crippen molar-refractivity contribution in [2.45, 2.75) is 12.5 Å². The molecule has 100 valence electrons. The molecule has 1 aromatic carbocycles. The zero-order chi connectivity index (χ0) is 13.0. The number of hydrogen-bond acceptors (Lipinski definition) is 4. The van der Waals surface area contributed by atoms with Gasteiger partial charge in [-0.1, -0.05) is 18.2 Å². The Morgan fingerprint density at radius 2 is 2.06 bits per heavy atom. The fourth-order valence-corrected chi connectivity index (χ4v) is 3.27. The molecule has 0 amide bonds. The second kappa shape index (κ2) is 5.69. The van der Waals surface area contributed by atoms with Gasteiger partial charge in [-0.05, 0) is 18.6 Å². The molecular formula is C12H18N2O3S. The van der Waals surface area contributed by atoms with Gasteiger partial charge in [0.1, 0.15) is 12.4 Å². The monoisotopic (exact) mass is 270 g/mol.